The van der Waals surface area contributed by atoms with E-state index < -0.39 is 5.91 Å². The first-order chi connectivity index (χ1) is 13.1. The minimum atomic E-state index is -0.431. The van der Waals surface area contributed by atoms with E-state index in [1.165, 1.54) is 11.8 Å². The van der Waals surface area contributed by atoms with Crippen LogP contribution in [-0.2, 0) is 6.54 Å². The number of nitrogens with one attached hydrogen (secondary N) is 1. The van der Waals surface area contributed by atoms with Gasteiger partial charge in [-0.2, -0.15) is 0 Å². The van der Waals surface area contributed by atoms with Crippen LogP contribution in [0.15, 0.2) is 22.7 Å². The molecule has 1 aromatic carbocycles. The summed E-state index contributed by atoms with van der Waals surface area (Å²) in [5, 5.41) is 18.1. The first-order valence-electron chi connectivity index (χ1n) is 8.53. The Morgan fingerprint density at radius 2 is 2.26 bits per heavy atom. The lowest BCUT2D eigenvalue weighted by atomic mass is 10.0. The van der Waals surface area contributed by atoms with Crippen molar-refractivity contribution in [2.75, 3.05) is 12.4 Å². The molecule has 0 spiro atoms. The molecule has 1 saturated carbocycles. The summed E-state index contributed by atoms with van der Waals surface area (Å²) in [5.41, 5.74) is 1.30. The van der Waals surface area contributed by atoms with Crippen molar-refractivity contribution in [3.63, 3.8) is 0 Å². The number of benzene rings is 1. The van der Waals surface area contributed by atoms with E-state index in [0.29, 0.717) is 29.5 Å². The summed E-state index contributed by atoms with van der Waals surface area (Å²) in [6.07, 6.45) is 2.18. The molecule has 27 heavy (non-hydrogen) atoms. The Hall–Kier alpha value is -2.94. The van der Waals surface area contributed by atoms with Crippen LogP contribution in [-0.4, -0.2) is 38.4 Å². The molecule has 1 N–H and O–H groups in total. The largest absolute Gasteiger partial charge is 0.496 e. The van der Waals surface area contributed by atoms with Gasteiger partial charge in [0.05, 0.1) is 23.3 Å². The van der Waals surface area contributed by atoms with E-state index in [1.807, 2.05) is 13.0 Å². The van der Waals surface area contributed by atoms with Gasteiger partial charge in [-0.25, -0.2) is 4.68 Å². The summed E-state index contributed by atoms with van der Waals surface area (Å²) >= 11 is 6.56. The maximum Gasteiger partial charge on any atom is 0.259 e. The Balaban J connectivity index is 1.70. The van der Waals surface area contributed by atoms with Gasteiger partial charge in [-0.15, -0.1) is 0 Å². The molecule has 0 aliphatic heterocycles. The molecule has 3 aromatic rings. The van der Waals surface area contributed by atoms with Crippen molar-refractivity contribution in [3.8, 4) is 17.0 Å². The van der Waals surface area contributed by atoms with Gasteiger partial charge in [0, 0.05) is 18.5 Å². The van der Waals surface area contributed by atoms with Gasteiger partial charge in [0.2, 0.25) is 5.95 Å². The van der Waals surface area contributed by atoms with Gasteiger partial charge in [0.25, 0.3) is 5.91 Å². The SMILES string of the molecule is CCn1nnnc1NC(=O)c1ccc(OC)c(-c2cc(C3CC3)on2)c1Cl. The van der Waals surface area contributed by atoms with Gasteiger partial charge >= 0.3 is 0 Å². The van der Waals surface area contributed by atoms with Crippen molar-refractivity contribution in [1.82, 2.24) is 25.4 Å². The maximum absolute atomic E-state index is 12.7. The molecule has 1 amide bonds. The lowest BCUT2D eigenvalue weighted by Crippen LogP contribution is -2.17. The number of amides is 1. The Bertz CT molecular complexity index is 994. The predicted molar refractivity (Wildman–Crippen MR) is 96.9 cm³/mol. The van der Waals surface area contributed by atoms with E-state index in [2.05, 4.69) is 26.0 Å². The first-order valence-corrected chi connectivity index (χ1v) is 8.91. The summed E-state index contributed by atoms with van der Waals surface area (Å²) in [6, 6.07) is 5.10. The molecule has 4 rings (SSSR count). The molecule has 2 heterocycles. The van der Waals surface area contributed by atoms with Gasteiger partial charge in [-0.05, 0) is 42.3 Å². The number of hydrogen-bond acceptors (Lipinski definition) is 7. The van der Waals surface area contributed by atoms with Crippen LogP contribution in [0.25, 0.3) is 11.3 Å². The summed E-state index contributed by atoms with van der Waals surface area (Å²) in [4.78, 5) is 12.7. The number of halogens is 1. The molecule has 140 valence electrons. The highest BCUT2D eigenvalue weighted by atomic mass is 35.5. The lowest BCUT2D eigenvalue weighted by Gasteiger charge is -2.12. The molecule has 2 aromatic heterocycles. The molecular formula is C17H17ClN6O3. The fourth-order valence-electron chi connectivity index (χ4n) is 2.79. The number of aromatic nitrogens is 5. The third kappa shape index (κ3) is 3.25. The van der Waals surface area contributed by atoms with E-state index in [-0.39, 0.29) is 16.5 Å². The number of carbonyl (C=O) groups is 1. The van der Waals surface area contributed by atoms with Crippen molar-refractivity contribution >= 4 is 23.5 Å². The number of hydrogen-bond donors (Lipinski definition) is 1. The van der Waals surface area contributed by atoms with Crippen molar-refractivity contribution in [1.29, 1.82) is 0 Å². The summed E-state index contributed by atoms with van der Waals surface area (Å²) in [6.45, 7) is 2.39. The summed E-state index contributed by atoms with van der Waals surface area (Å²) in [5.74, 6) is 1.55. The van der Waals surface area contributed by atoms with Crippen LogP contribution in [0, 0.1) is 0 Å². The molecule has 1 aliphatic carbocycles. The first kappa shape index (κ1) is 17.5. The van der Waals surface area contributed by atoms with Crippen LogP contribution in [0.1, 0.15) is 41.8 Å². The molecular weight excluding hydrogens is 372 g/mol. The number of rotatable bonds is 6. The topological polar surface area (TPSA) is 108 Å². The van der Waals surface area contributed by atoms with Crippen LogP contribution in [0.5, 0.6) is 5.75 Å². The maximum atomic E-state index is 12.7. The fourth-order valence-corrected chi connectivity index (χ4v) is 3.12. The Labute approximate surface area is 159 Å². The minimum Gasteiger partial charge on any atom is -0.496 e. The Kier molecular flexibility index (Phi) is 4.53. The number of anilines is 1. The number of nitrogens with zero attached hydrogens (tertiary/aromatic N) is 5. The van der Waals surface area contributed by atoms with E-state index >= 15 is 0 Å². The monoisotopic (exact) mass is 388 g/mol. The third-order valence-electron chi connectivity index (χ3n) is 4.39. The van der Waals surface area contributed by atoms with E-state index in [0.717, 1.165) is 18.6 Å². The third-order valence-corrected chi connectivity index (χ3v) is 4.78. The zero-order valence-corrected chi connectivity index (χ0v) is 15.5. The Morgan fingerprint density at radius 1 is 1.44 bits per heavy atom. The van der Waals surface area contributed by atoms with Crippen molar-refractivity contribution in [2.24, 2.45) is 0 Å². The number of ether oxygens (including phenoxy) is 1. The molecule has 0 radical (unpaired) electrons. The minimum absolute atomic E-state index is 0.220. The average Bonchev–Trinajstić information content (AvgIpc) is 3.23. The second kappa shape index (κ2) is 6.99. The van der Waals surface area contributed by atoms with Crippen LogP contribution < -0.4 is 10.1 Å². The zero-order chi connectivity index (χ0) is 19.0. The van der Waals surface area contributed by atoms with Gasteiger partial charge in [0.1, 0.15) is 17.2 Å². The van der Waals surface area contributed by atoms with Crippen molar-refractivity contribution < 1.29 is 14.1 Å². The van der Waals surface area contributed by atoms with Crippen LogP contribution in [0.2, 0.25) is 5.02 Å². The summed E-state index contributed by atoms with van der Waals surface area (Å²) < 4.78 is 12.3. The van der Waals surface area contributed by atoms with Crippen LogP contribution in [0.3, 0.4) is 0 Å². The molecule has 1 fully saturated rings. The van der Waals surface area contributed by atoms with Gasteiger partial charge in [-0.1, -0.05) is 21.9 Å². The van der Waals surface area contributed by atoms with Crippen LogP contribution >= 0.6 is 11.6 Å². The van der Waals surface area contributed by atoms with E-state index in [9.17, 15) is 4.79 Å². The van der Waals surface area contributed by atoms with E-state index in [1.54, 1.807) is 12.1 Å². The van der Waals surface area contributed by atoms with E-state index in [4.69, 9.17) is 20.9 Å². The van der Waals surface area contributed by atoms with Gasteiger partial charge in [-0.3, -0.25) is 10.1 Å². The van der Waals surface area contributed by atoms with Crippen molar-refractivity contribution in [2.45, 2.75) is 32.2 Å². The average molecular weight is 389 g/mol. The second-order valence-corrected chi connectivity index (χ2v) is 6.54. The van der Waals surface area contributed by atoms with Gasteiger partial charge < -0.3 is 9.26 Å². The number of carbonyl (C=O) groups excluding carboxylic acids is 1. The molecule has 0 bridgehead atoms. The predicted octanol–water partition coefficient (Wildman–Crippen LogP) is 3.14. The molecule has 0 saturated heterocycles. The highest BCUT2D eigenvalue weighted by Crippen LogP contribution is 2.44. The van der Waals surface area contributed by atoms with Gasteiger partial charge in [0.15, 0.2) is 0 Å². The highest BCUT2D eigenvalue weighted by Gasteiger charge is 2.29. The molecule has 10 heteroatoms. The quantitative estimate of drug-likeness (QED) is 0.690. The van der Waals surface area contributed by atoms with Crippen LogP contribution in [0.4, 0.5) is 5.95 Å². The number of methoxy groups -OCH3 is 1. The second-order valence-electron chi connectivity index (χ2n) is 6.17. The molecule has 0 unspecified atom stereocenters. The zero-order valence-electron chi connectivity index (χ0n) is 14.8. The molecule has 9 nitrogen and oxygen atoms in total. The smallest absolute Gasteiger partial charge is 0.259 e. The molecule has 0 atom stereocenters. The fraction of sp³-hybridized carbons (Fsp3) is 0.353. The normalized spacial score (nSPS) is 13.6. The molecule has 1 aliphatic rings. The Morgan fingerprint density at radius 3 is 2.96 bits per heavy atom. The highest BCUT2D eigenvalue weighted by molar-refractivity contribution is 6.37. The number of aryl methyl sites for hydroxylation is 1. The standard InChI is InChI=1S/C17H17ClN6O3/c1-3-24-17(20-22-23-24)19-16(25)10-6-7-12(26-2)14(15(10)18)11-8-13(27-21-11)9-4-5-9/h6-9H,3-5H2,1-2H3,(H,19,20,23,25). The summed E-state index contributed by atoms with van der Waals surface area (Å²) in [7, 11) is 1.53. The lowest BCUT2D eigenvalue weighted by molar-refractivity contribution is 0.102. The van der Waals surface area contributed by atoms with Crippen molar-refractivity contribution in [3.05, 3.63) is 34.5 Å². The number of tetrazole rings is 1.